The van der Waals surface area contributed by atoms with E-state index >= 15 is 0 Å². The molecule has 0 radical (unpaired) electrons. The van der Waals surface area contributed by atoms with Crippen LogP contribution in [0.5, 0.6) is 0 Å². The molecule has 0 spiro atoms. The van der Waals surface area contributed by atoms with Crippen LogP contribution in [0.25, 0.3) is 11.4 Å². The lowest BCUT2D eigenvalue weighted by atomic mass is 10.1. The summed E-state index contributed by atoms with van der Waals surface area (Å²) in [5.41, 5.74) is 1.40. The molecule has 0 bridgehead atoms. The lowest BCUT2D eigenvalue weighted by molar-refractivity contribution is 0.667. The minimum absolute atomic E-state index is 0.0251. The minimum Gasteiger partial charge on any atom is -0.349 e. The quantitative estimate of drug-likeness (QED) is 0.833. The number of hydrogen-bond acceptors (Lipinski definition) is 7. The van der Waals surface area contributed by atoms with Gasteiger partial charge >= 0.3 is 0 Å². The summed E-state index contributed by atoms with van der Waals surface area (Å²) in [6.45, 7) is 1.43. The molecule has 0 aromatic carbocycles. The molecule has 3 rings (SSSR count). The van der Waals surface area contributed by atoms with Crippen LogP contribution >= 0.6 is 0 Å². The lowest BCUT2D eigenvalue weighted by Gasteiger charge is -2.14. The third kappa shape index (κ3) is 2.55. The van der Waals surface area contributed by atoms with Crippen LogP contribution in [-0.2, 0) is 0 Å². The van der Waals surface area contributed by atoms with Crippen molar-refractivity contribution >= 4 is 5.95 Å². The Morgan fingerprint density at radius 2 is 2.15 bits per heavy atom. The third-order valence-corrected chi connectivity index (χ3v) is 3.18. The summed E-state index contributed by atoms with van der Waals surface area (Å²) in [7, 11) is 0. The Morgan fingerprint density at radius 1 is 1.20 bits per heavy atom. The van der Waals surface area contributed by atoms with Crippen LogP contribution in [0.1, 0.15) is 0 Å². The average Bonchev–Trinajstić information content (AvgIpc) is 2.96. The van der Waals surface area contributed by atoms with Gasteiger partial charge in [-0.2, -0.15) is 5.26 Å². The second-order valence-electron chi connectivity index (χ2n) is 4.50. The minimum atomic E-state index is -0.0706. The zero-order valence-electron chi connectivity index (χ0n) is 10.7. The van der Waals surface area contributed by atoms with E-state index in [0.29, 0.717) is 23.9 Å². The highest BCUT2D eigenvalue weighted by molar-refractivity contribution is 5.53. The van der Waals surface area contributed by atoms with Crippen LogP contribution in [0.4, 0.5) is 5.95 Å². The van der Waals surface area contributed by atoms with E-state index in [2.05, 4.69) is 36.6 Å². The Hall–Kier alpha value is -2.59. The molecule has 1 fully saturated rings. The zero-order chi connectivity index (χ0) is 13.8. The van der Waals surface area contributed by atoms with Crippen molar-refractivity contribution in [2.45, 2.75) is 6.04 Å². The molecular weight excluding hydrogens is 254 g/mol. The first-order chi connectivity index (χ1) is 9.86. The van der Waals surface area contributed by atoms with Crippen LogP contribution in [0, 0.1) is 17.2 Å². The summed E-state index contributed by atoms with van der Waals surface area (Å²) in [5, 5.41) is 15.4. The van der Waals surface area contributed by atoms with Crippen molar-refractivity contribution < 1.29 is 0 Å². The van der Waals surface area contributed by atoms with E-state index in [1.807, 2.05) is 0 Å². The highest BCUT2D eigenvalue weighted by Gasteiger charge is 2.27. The Labute approximate surface area is 116 Å². The highest BCUT2D eigenvalue weighted by atomic mass is 15.2. The van der Waals surface area contributed by atoms with Gasteiger partial charge in [0.05, 0.1) is 29.9 Å². The van der Waals surface area contributed by atoms with Crippen LogP contribution < -0.4 is 10.6 Å². The number of nitrogens with zero attached hydrogens (tertiary/aromatic N) is 5. The predicted octanol–water partition coefficient (Wildman–Crippen LogP) is 0.457. The van der Waals surface area contributed by atoms with Gasteiger partial charge < -0.3 is 10.6 Å². The summed E-state index contributed by atoms with van der Waals surface area (Å²) in [4.78, 5) is 16.8. The summed E-state index contributed by atoms with van der Waals surface area (Å²) >= 11 is 0. The molecule has 2 aromatic heterocycles. The maximum Gasteiger partial charge on any atom is 0.223 e. The second-order valence-corrected chi connectivity index (χ2v) is 4.50. The maximum absolute atomic E-state index is 9.06. The zero-order valence-corrected chi connectivity index (χ0v) is 10.7. The van der Waals surface area contributed by atoms with Gasteiger partial charge in [-0.25, -0.2) is 9.97 Å². The highest BCUT2D eigenvalue weighted by Crippen LogP contribution is 2.16. The molecule has 2 atom stereocenters. The van der Waals surface area contributed by atoms with Crippen molar-refractivity contribution in [1.82, 2.24) is 25.3 Å². The molecule has 7 nitrogen and oxygen atoms in total. The van der Waals surface area contributed by atoms with Gasteiger partial charge in [0, 0.05) is 31.7 Å². The van der Waals surface area contributed by atoms with Crippen molar-refractivity contribution in [3.05, 3.63) is 30.9 Å². The van der Waals surface area contributed by atoms with Gasteiger partial charge in [-0.05, 0) is 6.07 Å². The number of rotatable bonds is 3. The van der Waals surface area contributed by atoms with Crippen LogP contribution in [0.15, 0.2) is 30.9 Å². The van der Waals surface area contributed by atoms with Gasteiger partial charge in [0.15, 0.2) is 0 Å². The first kappa shape index (κ1) is 12.4. The molecule has 20 heavy (non-hydrogen) atoms. The molecule has 2 aromatic rings. The third-order valence-electron chi connectivity index (χ3n) is 3.18. The second kappa shape index (κ2) is 5.59. The Bertz CT molecular complexity index is 622. The smallest absolute Gasteiger partial charge is 0.223 e. The van der Waals surface area contributed by atoms with Crippen molar-refractivity contribution in [2.24, 2.45) is 5.92 Å². The van der Waals surface area contributed by atoms with Gasteiger partial charge in [0.1, 0.15) is 5.69 Å². The number of anilines is 1. The molecule has 1 saturated heterocycles. The number of hydrogen-bond donors (Lipinski definition) is 2. The van der Waals surface area contributed by atoms with E-state index in [4.69, 9.17) is 5.26 Å². The Kier molecular flexibility index (Phi) is 3.48. The molecule has 1 aliphatic heterocycles. The standard InChI is InChI=1S/C13H13N7/c14-5-9-6-16-7-11(9)20-13-18-2-1-10(19-13)12-8-15-3-4-17-12/h1-4,8-9,11,16H,6-7H2,(H,18,19,20). The number of nitrogens with one attached hydrogen (secondary N) is 2. The molecule has 100 valence electrons. The Morgan fingerprint density at radius 3 is 2.95 bits per heavy atom. The van der Waals surface area contributed by atoms with E-state index in [1.54, 1.807) is 30.9 Å². The van der Waals surface area contributed by atoms with Crippen LogP contribution in [-0.4, -0.2) is 39.1 Å². The molecule has 3 heterocycles. The van der Waals surface area contributed by atoms with E-state index in [1.165, 1.54) is 0 Å². The van der Waals surface area contributed by atoms with Gasteiger partial charge in [-0.3, -0.25) is 9.97 Å². The van der Waals surface area contributed by atoms with E-state index in [0.717, 1.165) is 6.54 Å². The van der Waals surface area contributed by atoms with Crippen molar-refractivity contribution in [1.29, 1.82) is 5.26 Å². The molecule has 2 N–H and O–H groups in total. The summed E-state index contributed by atoms with van der Waals surface area (Å²) < 4.78 is 0. The fourth-order valence-corrected chi connectivity index (χ4v) is 2.13. The maximum atomic E-state index is 9.06. The topological polar surface area (TPSA) is 99.4 Å². The SMILES string of the molecule is N#CC1CNCC1Nc1nccc(-c2cnccn2)n1. The number of nitriles is 1. The van der Waals surface area contributed by atoms with Crippen LogP contribution in [0.3, 0.4) is 0 Å². The molecular formula is C13H13N7. The van der Waals surface area contributed by atoms with Crippen molar-refractivity contribution in [2.75, 3.05) is 18.4 Å². The summed E-state index contributed by atoms with van der Waals surface area (Å²) in [6, 6.07) is 4.08. The molecule has 7 heteroatoms. The summed E-state index contributed by atoms with van der Waals surface area (Å²) in [5.74, 6) is 0.431. The van der Waals surface area contributed by atoms with Gasteiger partial charge in [0.25, 0.3) is 0 Å². The molecule has 1 aliphatic rings. The first-order valence-electron chi connectivity index (χ1n) is 6.33. The van der Waals surface area contributed by atoms with E-state index in [9.17, 15) is 0 Å². The molecule has 0 saturated carbocycles. The first-order valence-corrected chi connectivity index (χ1v) is 6.33. The fourth-order valence-electron chi connectivity index (χ4n) is 2.13. The lowest BCUT2D eigenvalue weighted by Crippen LogP contribution is -2.28. The largest absolute Gasteiger partial charge is 0.349 e. The average molecular weight is 267 g/mol. The van der Waals surface area contributed by atoms with Crippen LogP contribution in [0.2, 0.25) is 0 Å². The monoisotopic (exact) mass is 267 g/mol. The predicted molar refractivity (Wildman–Crippen MR) is 72.4 cm³/mol. The molecule has 0 amide bonds. The normalized spacial score (nSPS) is 21.4. The van der Waals surface area contributed by atoms with Crippen molar-refractivity contribution in [3.8, 4) is 17.5 Å². The van der Waals surface area contributed by atoms with E-state index < -0.39 is 0 Å². The molecule has 2 unspecified atom stereocenters. The summed E-state index contributed by atoms with van der Waals surface area (Å²) in [6.07, 6.45) is 6.56. The van der Waals surface area contributed by atoms with Gasteiger partial charge in [0.2, 0.25) is 5.95 Å². The van der Waals surface area contributed by atoms with Crippen molar-refractivity contribution in [3.63, 3.8) is 0 Å². The van der Waals surface area contributed by atoms with Gasteiger partial charge in [-0.1, -0.05) is 0 Å². The fraction of sp³-hybridized carbons (Fsp3) is 0.308. The molecule has 0 aliphatic carbocycles. The number of aromatic nitrogens is 4. The van der Waals surface area contributed by atoms with E-state index in [-0.39, 0.29) is 12.0 Å². The van der Waals surface area contributed by atoms with Gasteiger partial charge in [-0.15, -0.1) is 0 Å². The Balaban J connectivity index is 1.80.